The van der Waals surface area contributed by atoms with E-state index in [1.165, 1.54) is 26.8 Å². The van der Waals surface area contributed by atoms with E-state index >= 15 is 13.2 Å². The van der Waals surface area contributed by atoms with Crippen LogP contribution < -0.4 is 10.9 Å². The summed E-state index contributed by atoms with van der Waals surface area (Å²) in [6, 6.07) is 0.0326. The van der Waals surface area contributed by atoms with Crippen LogP contribution in [0.1, 0.15) is 91.8 Å². The maximum atomic E-state index is 16.6. The lowest BCUT2D eigenvalue weighted by Crippen LogP contribution is -2.40. The van der Waals surface area contributed by atoms with Crippen LogP contribution in [0.2, 0.25) is 0 Å². The van der Waals surface area contributed by atoms with Crippen molar-refractivity contribution >= 4 is 17.4 Å². The van der Waals surface area contributed by atoms with E-state index in [1.54, 1.807) is 13.8 Å². The highest BCUT2D eigenvalue weighted by molar-refractivity contribution is 5.89. The molecule has 56 heavy (non-hydrogen) atoms. The van der Waals surface area contributed by atoms with Crippen molar-refractivity contribution in [2.24, 2.45) is 5.92 Å². The fourth-order valence-corrected chi connectivity index (χ4v) is 6.48. The highest BCUT2D eigenvalue weighted by Gasteiger charge is 2.37. The number of ether oxygens (including phenoxy) is 1. The zero-order valence-electron chi connectivity index (χ0n) is 31.6. The first kappa shape index (κ1) is 44.1. The maximum Gasteiger partial charge on any atom is 0.416 e. The number of nitrogens with one attached hydrogen (secondary N) is 1. The second-order valence-corrected chi connectivity index (χ2v) is 14.4. The Bertz CT molecular complexity index is 2000. The van der Waals surface area contributed by atoms with E-state index in [0.717, 1.165) is 17.2 Å². The molecule has 1 amide bonds. The number of hydrogen-bond acceptors (Lipinski definition) is 5. The van der Waals surface area contributed by atoms with E-state index in [9.17, 15) is 40.7 Å². The van der Waals surface area contributed by atoms with Crippen molar-refractivity contribution in [3.05, 3.63) is 110 Å². The van der Waals surface area contributed by atoms with Crippen LogP contribution in [-0.4, -0.2) is 53.8 Å². The number of hydrogen-bond donors (Lipinski definition) is 1. The van der Waals surface area contributed by atoms with Gasteiger partial charge in [0.1, 0.15) is 11.9 Å². The van der Waals surface area contributed by atoms with E-state index < -0.39 is 87.2 Å². The number of alkyl halides is 6. The molecule has 1 N–H and O–H groups in total. The summed E-state index contributed by atoms with van der Waals surface area (Å²) in [6.07, 6.45) is -6.83. The smallest absolute Gasteiger partial charge is 0.416 e. The SMILES string of the molecule is C=C(\C=C(/C(F)=C(F)/C(=C\C(=O)OCC)NC(=O)C(CC(C)C)n1cc(CCN2CCC2)c(C(F)(F)F)cc1=O)c1c(C)cc(C2CC2)c(F)c1C)C(F)(F)F. The average Bonchev–Trinajstić information content (AvgIpc) is 3.92. The molecule has 1 saturated carbocycles. The van der Waals surface area contributed by atoms with Gasteiger partial charge in [0.25, 0.3) is 5.56 Å². The Morgan fingerprint density at radius 2 is 1.68 bits per heavy atom. The summed E-state index contributed by atoms with van der Waals surface area (Å²) in [6.45, 7) is 11.4. The molecule has 7 nitrogen and oxygen atoms in total. The predicted molar refractivity (Wildman–Crippen MR) is 192 cm³/mol. The number of aromatic nitrogens is 1. The molecule has 2 heterocycles. The van der Waals surface area contributed by atoms with Gasteiger partial charge in [0.05, 0.1) is 17.9 Å². The summed E-state index contributed by atoms with van der Waals surface area (Å²) < 4.78 is 138. The zero-order valence-corrected chi connectivity index (χ0v) is 31.6. The van der Waals surface area contributed by atoms with Crippen LogP contribution in [0.4, 0.5) is 39.5 Å². The molecule has 1 aromatic carbocycles. The fourth-order valence-electron chi connectivity index (χ4n) is 6.48. The van der Waals surface area contributed by atoms with E-state index in [1.807, 2.05) is 10.2 Å². The normalized spacial score (nSPS) is 16.7. The molecule has 1 atom stereocenters. The van der Waals surface area contributed by atoms with E-state index in [0.29, 0.717) is 38.1 Å². The van der Waals surface area contributed by atoms with Crippen LogP contribution in [0.25, 0.3) is 5.57 Å². The third kappa shape index (κ3) is 10.6. The lowest BCUT2D eigenvalue weighted by molar-refractivity contribution is -0.138. The molecule has 2 aliphatic rings. The third-order valence-corrected chi connectivity index (χ3v) is 9.61. The summed E-state index contributed by atoms with van der Waals surface area (Å²) in [4.78, 5) is 41.8. The monoisotopic (exact) mass is 801 g/mol. The van der Waals surface area contributed by atoms with Gasteiger partial charge in [-0.15, -0.1) is 0 Å². The molecule has 0 radical (unpaired) electrons. The second-order valence-electron chi connectivity index (χ2n) is 14.4. The van der Waals surface area contributed by atoms with Crippen molar-refractivity contribution in [2.45, 2.75) is 91.0 Å². The van der Waals surface area contributed by atoms with Crippen LogP contribution in [0.5, 0.6) is 0 Å². The average molecular weight is 802 g/mol. The summed E-state index contributed by atoms with van der Waals surface area (Å²) in [5.41, 5.74) is -7.09. The number of carbonyl (C=O) groups is 2. The predicted octanol–water partition coefficient (Wildman–Crippen LogP) is 9.25. The van der Waals surface area contributed by atoms with Gasteiger partial charge in [-0.2, -0.15) is 26.3 Å². The fraction of sp³-hybridized carbons (Fsp3) is 0.475. The van der Waals surface area contributed by atoms with Crippen LogP contribution >= 0.6 is 0 Å². The minimum absolute atomic E-state index is 0.0959. The molecule has 16 heteroatoms. The van der Waals surface area contributed by atoms with Gasteiger partial charge in [-0.25, -0.2) is 18.0 Å². The standard InChI is InChI=1S/C40H44F9N3O4/c1-7-56-33(54)19-30(37(43)36(42)28(17-23(5)39(44,45)46)34-22(4)16-27(25-9-10-25)35(41)24(34)6)50-38(55)31(15-21(2)3)52-20-26(11-14-51-12-8-13-51)29(18-32(52)53)40(47,48)49/h16-21,25,31H,5,7-15H2,1-4,6H3,(H,50,55)/b28-17-,30-19+,37-36+. The van der Waals surface area contributed by atoms with Gasteiger partial charge in [-0.05, 0) is 112 Å². The molecule has 0 bridgehead atoms. The Morgan fingerprint density at radius 3 is 2.20 bits per heavy atom. The molecular formula is C40H44F9N3O4. The second kappa shape index (κ2) is 17.7. The molecule has 306 valence electrons. The molecule has 1 saturated heterocycles. The van der Waals surface area contributed by atoms with Crippen LogP contribution in [0.3, 0.4) is 0 Å². The first-order chi connectivity index (χ1) is 26.0. The lowest BCUT2D eigenvalue weighted by atomic mass is 9.89. The van der Waals surface area contributed by atoms with Gasteiger partial charge in [0.2, 0.25) is 5.91 Å². The van der Waals surface area contributed by atoms with Crippen molar-refractivity contribution in [1.29, 1.82) is 0 Å². The van der Waals surface area contributed by atoms with Crippen molar-refractivity contribution in [2.75, 3.05) is 26.2 Å². The van der Waals surface area contributed by atoms with Gasteiger partial charge < -0.3 is 19.5 Å². The molecule has 2 fully saturated rings. The number of allylic oxidation sites excluding steroid dienone is 5. The first-order valence-corrected chi connectivity index (χ1v) is 18.1. The minimum Gasteiger partial charge on any atom is -0.463 e. The summed E-state index contributed by atoms with van der Waals surface area (Å²) in [5.74, 6) is -8.11. The molecule has 1 aliphatic heterocycles. The Labute approximate surface area is 318 Å². The quantitative estimate of drug-likeness (QED) is 0.0842. The molecule has 1 aromatic heterocycles. The maximum absolute atomic E-state index is 16.6. The van der Waals surface area contributed by atoms with Crippen molar-refractivity contribution in [3.8, 4) is 0 Å². The summed E-state index contributed by atoms with van der Waals surface area (Å²) in [5, 5.41) is 2.03. The van der Waals surface area contributed by atoms with Crippen molar-refractivity contribution in [3.63, 3.8) is 0 Å². The van der Waals surface area contributed by atoms with Crippen molar-refractivity contribution < 1.29 is 53.8 Å². The largest absolute Gasteiger partial charge is 0.463 e. The van der Waals surface area contributed by atoms with Gasteiger partial charge in [0.15, 0.2) is 11.7 Å². The van der Waals surface area contributed by atoms with Crippen LogP contribution in [0.15, 0.2) is 64.8 Å². The molecule has 4 rings (SSSR count). The number of amides is 1. The minimum atomic E-state index is -5.14. The number of nitrogens with zero attached hydrogens (tertiary/aromatic N) is 2. The van der Waals surface area contributed by atoms with Gasteiger partial charge in [-0.3, -0.25) is 9.59 Å². The lowest BCUT2D eigenvalue weighted by Gasteiger charge is -2.31. The number of carbonyl (C=O) groups excluding carboxylic acids is 2. The van der Waals surface area contributed by atoms with Crippen molar-refractivity contribution in [1.82, 2.24) is 14.8 Å². The number of esters is 1. The Kier molecular flexibility index (Phi) is 13.9. The highest BCUT2D eigenvalue weighted by Crippen LogP contribution is 2.45. The summed E-state index contributed by atoms with van der Waals surface area (Å²) in [7, 11) is 0. The number of rotatable bonds is 15. The molecule has 1 unspecified atom stereocenters. The van der Waals surface area contributed by atoms with Crippen LogP contribution in [-0.2, 0) is 26.9 Å². The summed E-state index contributed by atoms with van der Waals surface area (Å²) >= 11 is 0. The highest BCUT2D eigenvalue weighted by atomic mass is 19.4. The van der Waals surface area contributed by atoms with E-state index in [2.05, 4.69) is 6.58 Å². The Balaban J connectivity index is 1.87. The molecule has 2 aromatic rings. The number of pyridine rings is 1. The van der Waals surface area contributed by atoms with E-state index in [-0.39, 0.29) is 60.2 Å². The Morgan fingerprint density at radius 1 is 1.04 bits per heavy atom. The van der Waals surface area contributed by atoms with E-state index in [4.69, 9.17) is 4.74 Å². The number of halogens is 9. The number of aryl methyl sites for hydroxylation is 1. The number of likely N-dealkylation sites (tertiary alicyclic amines) is 1. The number of benzene rings is 1. The van der Waals surface area contributed by atoms with Gasteiger partial charge in [0, 0.05) is 36.0 Å². The van der Waals surface area contributed by atoms with Gasteiger partial charge in [-0.1, -0.05) is 26.5 Å². The Hall–Kier alpha value is -4.60. The molecular weight excluding hydrogens is 757 g/mol. The zero-order chi connectivity index (χ0) is 41.9. The van der Waals surface area contributed by atoms with Gasteiger partial charge >= 0.3 is 18.3 Å². The first-order valence-electron chi connectivity index (χ1n) is 18.1. The third-order valence-electron chi connectivity index (χ3n) is 9.61. The van der Waals surface area contributed by atoms with Crippen LogP contribution in [0, 0.1) is 25.6 Å². The topological polar surface area (TPSA) is 80.6 Å². The molecule has 1 aliphatic carbocycles. The molecule has 0 spiro atoms.